The van der Waals surface area contributed by atoms with Gasteiger partial charge < -0.3 is 10.2 Å². The summed E-state index contributed by atoms with van der Waals surface area (Å²) in [6.07, 6.45) is 10.5. The van der Waals surface area contributed by atoms with Crippen molar-refractivity contribution >= 4 is 0 Å². The molecule has 0 bridgehead atoms. The molecule has 1 aromatic rings. The molecule has 0 heterocycles. The Hall–Kier alpha value is -0.860. The molecule has 0 amide bonds. The summed E-state index contributed by atoms with van der Waals surface area (Å²) in [6.45, 7) is 2.23. The summed E-state index contributed by atoms with van der Waals surface area (Å²) in [5.74, 6) is 0.104. The maximum Gasteiger partial charge on any atom is 0.0709 e. The Morgan fingerprint density at radius 1 is 1.09 bits per heavy atom. The maximum atomic E-state index is 10.5. The summed E-state index contributed by atoms with van der Waals surface area (Å²) >= 11 is 0. The van der Waals surface area contributed by atoms with Gasteiger partial charge in [0, 0.05) is 5.92 Å². The van der Waals surface area contributed by atoms with E-state index in [1.165, 1.54) is 37.7 Å². The van der Waals surface area contributed by atoms with Gasteiger partial charge in [-0.2, -0.15) is 0 Å². The van der Waals surface area contributed by atoms with Crippen molar-refractivity contribution in [2.24, 2.45) is 5.92 Å². The largest absolute Gasteiger partial charge is 0.393 e. The lowest BCUT2D eigenvalue weighted by molar-refractivity contribution is 0.0604. The van der Waals surface area contributed by atoms with Crippen LogP contribution in [0.5, 0.6) is 0 Å². The zero-order valence-corrected chi connectivity index (χ0v) is 14.0. The van der Waals surface area contributed by atoms with Crippen molar-refractivity contribution in [3.05, 3.63) is 35.9 Å². The number of benzene rings is 1. The number of unbranched alkanes of at least 4 members (excludes halogenated alkanes) is 5. The minimum atomic E-state index is -0.614. The van der Waals surface area contributed by atoms with Crippen LogP contribution in [0.3, 0.4) is 0 Å². The van der Waals surface area contributed by atoms with E-state index in [0.717, 1.165) is 32.1 Å². The fourth-order valence-electron chi connectivity index (χ4n) is 3.44. The highest BCUT2D eigenvalue weighted by atomic mass is 16.3. The summed E-state index contributed by atoms with van der Waals surface area (Å²) < 4.78 is 0. The summed E-state index contributed by atoms with van der Waals surface area (Å²) in [4.78, 5) is 0. The first-order valence-electron chi connectivity index (χ1n) is 9.10. The fourth-order valence-corrected chi connectivity index (χ4v) is 3.44. The minimum Gasteiger partial charge on any atom is -0.393 e. The number of aryl methyl sites for hydroxylation is 1. The third kappa shape index (κ3) is 5.40. The van der Waals surface area contributed by atoms with Gasteiger partial charge in [-0.25, -0.2) is 0 Å². The molecule has 0 radical (unpaired) electrons. The Bertz CT molecular complexity index is 417. The monoisotopic (exact) mass is 304 g/mol. The second kappa shape index (κ2) is 8.69. The smallest absolute Gasteiger partial charge is 0.0709 e. The van der Waals surface area contributed by atoms with Gasteiger partial charge in [0.2, 0.25) is 0 Å². The molecule has 1 aromatic carbocycles. The molecule has 124 valence electrons. The van der Waals surface area contributed by atoms with E-state index in [9.17, 15) is 10.2 Å². The van der Waals surface area contributed by atoms with Crippen LogP contribution < -0.4 is 0 Å². The second-order valence-corrected chi connectivity index (χ2v) is 7.02. The van der Waals surface area contributed by atoms with Crippen molar-refractivity contribution in [1.29, 1.82) is 0 Å². The molecule has 3 atom stereocenters. The van der Waals surface area contributed by atoms with Gasteiger partial charge in [0.25, 0.3) is 0 Å². The first kappa shape index (κ1) is 17.5. The van der Waals surface area contributed by atoms with E-state index >= 15 is 0 Å². The summed E-state index contributed by atoms with van der Waals surface area (Å²) in [5.41, 5.74) is 0.657. The van der Waals surface area contributed by atoms with E-state index in [1.54, 1.807) is 0 Å². The van der Waals surface area contributed by atoms with Gasteiger partial charge in [-0.3, -0.25) is 0 Å². The van der Waals surface area contributed by atoms with Crippen molar-refractivity contribution < 1.29 is 10.2 Å². The fraction of sp³-hybridized carbons (Fsp3) is 0.700. The SMILES string of the molecule is CCCCCCCCC(O)[C@H]1C[C@]1(O)CCc1ccccc1. The van der Waals surface area contributed by atoms with E-state index in [-0.39, 0.29) is 12.0 Å². The standard InChI is InChI=1S/C20H32O2/c1-2-3-4-5-6-10-13-19(21)18-16-20(18,22)15-14-17-11-8-7-9-12-17/h7-9,11-12,18-19,21-22H,2-6,10,13-16H2,1H3/t18-,19?,20-/m1/s1. The van der Waals surface area contributed by atoms with Gasteiger partial charge >= 0.3 is 0 Å². The highest BCUT2D eigenvalue weighted by Crippen LogP contribution is 2.49. The molecule has 0 aromatic heterocycles. The first-order chi connectivity index (χ1) is 10.7. The summed E-state index contributed by atoms with van der Waals surface area (Å²) in [6, 6.07) is 10.3. The summed E-state index contributed by atoms with van der Waals surface area (Å²) in [5, 5.41) is 20.8. The van der Waals surface area contributed by atoms with Gasteiger partial charge in [0.1, 0.15) is 0 Å². The lowest BCUT2D eigenvalue weighted by Crippen LogP contribution is -2.21. The van der Waals surface area contributed by atoms with E-state index in [2.05, 4.69) is 19.1 Å². The van der Waals surface area contributed by atoms with E-state index < -0.39 is 5.60 Å². The lowest BCUT2D eigenvalue weighted by atomic mass is 9.99. The highest BCUT2D eigenvalue weighted by Gasteiger charge is 2.55. The Morgan fingerprint density at radius 3 is 2.50 bits per heavy atom. The van der Waals surface area contributed by atoms with Crippen LogP contribution >= 0.6 is 0 Å². The van der Waals surface area contributed by atoms with Crippen LogP contribution in [-0.2, 0) is 6.42 Å². The van der Waals surface area contributed by atoms with Crippen LogP contribution in [0.2, 0.25) is 0 Å². The van der Waals surface area contributed by atoms with E-state index in [0.29, 0.717) is 0 Å². The molecule has 2 rings (SSSR count). The van der Waals surface area contributed by atoms with Crippen LogP contribution in [0.25, 0.3) is 0 Å². The van der Waals surface area contributed by atoms with Crippen molar-refractivity contribution in [1.82, 2.24) is 0 Å². The zero-order valence-electron chi connectivity index (χ0n) is 14.0. The number of hydrogen-bond acceptors (Lipinski definition) is 2. The van der Waals surface area contributed by atoms with Crippen molar-refractivity contribution in [2.75, 3.05) is 0 Å². The molecular weight excluding hydrogens is 272 g/mol. The Balaban J connectivity index is 1.60. The molecule has 2 nitrogen and oxygen atoms in total. The average molecular weight is 304 g/mol. The number of aliphatic hydroxyl groups is 2. The molecule has 2 N–H and O–H groups in total. The maximum absolute atomic E-state index is 10.5. The number of rotatable bonds is 11. The van der Waals surface area contributed by atoms with Crippen molar-refractivity contribution in [2.45, 2.75) is 82.8 Å². The third-order valence-electron chi connectivity index (χ3n) is 5.11. The average Bonchev–Trinajstić information content (AvgIpc) is 3.22. The number of hydrogen-bond donors (Lipinski definition) is 2. The molecule has 0 aliphatic heterocycles. The van der Waals surface area contributed by atoms with Crippen LogP contribution in [-0.4, -0.2) is 21.9 Å². The second-order valence-electron chi connectivity index (χ2n) is 7.02. The van der Waals surface area contributed by atoms with Gasteiger partial charge in [0.15, 0.2) is 0 Å². The van der Waals surface area contributed by atoms with Crippen LogP contribution in [0.4, 0.5) is 0 Å². The Labute approximate surface area is 135 Å². The molecule has 1 saturated carbocycles. The van der Waals surface area contributed by atoms with Crippen molar-refractivity contribution in [3.63, 3.8) is 0 Å². The molecule has 0 spiro atoms. The lowest BCUT2D eigenvalue weighted by Gasteiger charge is -2.15. The highest BCUT2D eigenvalue weighted by molar-refractivity contribution is 5.17. The first-order valence-corrected chi connectivity index (χ1v) is 9.10. The van der Waals surface area contributed by atoms with Gasteiger partial charge in [-0.1, -0.05) is 75.8 Å². The minimum absolute atomic E-state index is 0.104. The van der Waals surface area contributed by atoms with Gasteiger partial charge in [-0.15, -0.1) is 0 Å². The Kier molecular flexibility index (Phi) is 6.91. The summed E-state index contributed by atoms with van der Waals surface area (Å²) in [7, 11) is 0. The van der Waals surface area contributed by atoms with Crippen LogP contribution in [0, 0.1) is 5.92 Å². The molecule has 2 heteroatoms. The molecule has 1 fully saturated rings. The quantitative estimate of drug-likeness (QED) is 0.592. The van der Waals surface area contributed by atoms with Crippen molar-refractivity contribution in [3.8, 4) is 0 Å². The van der Waals surface area contributed by atoms with E-state index in [4.69, 9.17) is 0 Å². The van der Waals surface area contributed by atoms with Crippen LogP contribution in [0.1, 0.15) is 70.3 Å². The number of aliphatic hydroxyl groups excluding tert-OH is 1. The molecule has 1 aliphatic carbocycles. The Morgan fingerprint density at radius 2 is 1.77 bits per heavy atom. The van der Waals surface area contributed by atoms with Crippen LogP contribution in [0.15, 0.2) is 30.3 Å². The van der Waals surface area contributed by atoms with Gasteiger partial charge in [0.05, 0.1) is 11.7 Å². The molecule has 1 unspecified atom stereocenters. The predicted molar refractivity (Wildman–Crippen MR) is 91.8 cm³/mol. The molecule has 0 saturated heterocycles. The molecular formula is C20H32O2. The van der Waals surface area contributed by atoms with E-state index in [1.807, 2.05) is 18.2 Å². The zero-order chi connectivity index (χ0) is 15.8. The third-order valence-corrected chi connectivity index (χ3v) is 5.11. The molecule has 1 aliphatic rings. The van der Waals surface area contributed by atoms with Gasteiger partial charge in [-0.05, 0) is 31.2 Å². The molecule has 22 heavy (non-hydrogen) atoms. The topological polar surface area (TPSA) is 40.5 Å². The predicted octanol–water partition coefficient (Wildman–Crippen LogP) is 4.48. The normalized spacial score (nSPS) is 25.1.